The molecule has 3 rings (SSSR count). The first-order valence-corrected chi connectivity index (χ1v) is 7.20. The van der Waals surface area contributed by atoms with E-state index in [9.17, 15) is 9.59 Å². The van der Waals surface area contributed by atoms with Crippen molar-refractivity contribution in [1.82, 2.24) is 19.9 Å². The SMILES string of the molecule is CC(=O)N1CCCC1C(=O)Nc1ccc(-n2nccn2)cc1. The predicted molar refractivity (Wildman–Crippen MR) is 80.4 cm³/mol. The Bertz CT molecular complexity index is 666. The van der Waals surface area contributed by atoms with Gasteiger partial charge in [0.1, 0.15) is 6.04 Å². The Morgan fingerprint density at radius 3 is 2.50 bits per heavy atom. The Labute approximate surface area is 127 Å². The third kappa shape index (κ3) is 2.83. The highest BCUT2D eigenvalue weighted by atomic mass is 16.2. The number of anilines is 1. The van der Waals surface area contributed by atoms with E-state index in [1.165, 1.54) is 11.7 Å². The van der Waals surface area contributed by atoms with Gasteiger partial charge in [0.05, 0.1) is 18.1 Å². The monoisotopic (exact) mass is 299 g/mol. The molecule has 0 aliphatic carbocycles. The number of hydrogen-bond donors (Lipinski definition) is 1. The number of nitrogens with zero attached hydrogens (tertiary/aromatic N) is 4. The Morgan fingerprint density at radius 2 is 1.86 bits per heavy atom. The fourth-order valence-corrected chi connectivity index (χ4v) is 2.67. The largest absolute Gasteiger partial charge is 0.331 e. The van der Waals surface area contributed by atoms with Crippen LogP contribution in [0.3, 0.4) is 0 Å². The zero-order chi connectivity index (χ0) is 15.5. The number of carbonyl (C=O) groups excluding carboxylic acids is 2. The van der Waals surface area contributed by atoms with Crippen LogP contribution in [0.2, 0.25) is 0 Å². The summed E-state index contributed by atoms with van der Waals surface area (Å²) in [5.41, 5.74) is 1.51. The van der Waals surface area contributed by atoms with E-state index in [-0.39, 0.29) is 17.9 Å². The summed E-state index contributed by atoms with van der Waals surface area (Å²) in [6.07, 6.45) is 4.78. The Kier molecular flexibility index (Phi) is 3.86. The maximum Gasteiger partial charge on any atom is 0.247 e. The lowest BCUT2D eigenvalue weighted by atomic mass is 10.2. The van der Waals surface area contributed by atoms with Gasteiger partial charge in [-0.15, -0.1) is 0 Å². The summed E-state index contributed by atoms with van der Waals surface area (Å²) in [7, 11) is 0. The van der Waals surface area contributed by atoms with Crippen LogP contribution in [-0.4, -0.2) is 44.3 Å². The molecule has 2 aromatic rings. The van der Waals surface area contributed by atoms with Crippen LogP contribution in [0.5, 0.6) is 0 Å². The molecule has 1 aliphatic rings. The number of carbonyl (C=O) groups is 2. The molecule has 22 heavy (non-hydrogen) atoms. The Balaban J connectivity index is 1.68. The Morgan fingerprint density at radius 1 is 1.18 bits per heavy atom. The van der Waals surface area contributed by atoms with Gasteiger partial charge in [0.15, 0.2) is 0 Å². The summed E-state index contributed by atoms with van der Waals surface area (Å²) < 4.78 is 0. The van der Waals surface area contributed by atoms with Gasteiger partial charge < -0.3 is 10.2 Å². The van der Waals surface area contributed by atoms with Gasteiger partial charge in [-0.25, -0.2) is 0 Å². The van der Waals surface area contributed by atoms with Crippen LogP contribution >= 0.6 is 0 Å². The highest BCUT2D eigenvalue weighted by molar-refractivity contribution is 5.97. The number of amides is 2. The summed E-state index contributed by atoms with van der Waals surface area (Å²) in [5.74, 6) is -0.199. The van der Waals surface area contributed by atoms with E-state index >= 15 is 0 Å². The highest BCUT2D eigenvalue weighted by Crippen LogP contribution is 2.19. The number of aromatic nitrogens is 3. The van der Waals surface area contributed by atoms with Gasteiger partial charge in [-0.1, -0.05) is 0 Å². The molecule has 2 amide bonds. The normalized spacial score (nSPS) is 17.5. The zero-order valence-corrected chi connectivity index (χ0v) is 12.3. The van der Waals surface area contributed by atoms with E-state index in [0.29, 0.717) is 18.7 Å². The fraction of sp³-hybridized carbons (Fsp3) is 0.333. The van der Waals surface area contributed by atoms with Gasteiger partial charge in [0.2, 0.25) is 11.8 Å². The maximum absolute atomic E-state index is 12.3. The van der Waals surface area contributed by atoms with E-state index in [2.05, 4.69) is 15.5 Å². The van der Waals surface area contributed by atoms with Crippen LogP contribution < -0.4 is 5.32 Å². The second kappa shape index (κ2) is 5.97. The van der Waals surface area contributed by atoms with Crippen LogP contribution in [0.25, 0.3) is 5.69 Å². The summed E-state index contributed by atoms with van der Waals surface area (Å²) in [4.78, 5) is 26.9. The molecule has 0 saturated carbocycles. The first kappa shape index (κ1) is 14.2. The smallest absolute Gasteiger partial charge is 0.247 e. The molecule has 7 heteroatoms. The lowest BCUT2D eigenvalue weighted by Crippen LogP contribution is -2.42. The van der Waals surface area contributed by atoms with Crippen LogP contribution in [0.4, 0.5) is 5.69 Å². The zero-order valence-electron chi connectivity index (χ0n) is 12.3. The molecule has 1 fully saturated rings. The van der Waals surface area contributed by atoms with Gasteiger partial charge in [0.25, 0.3) is 0 Å². The van der Waals surface area contributed by atoms with Crippen molar-refractivity contribution >= 4 is 17.5 Å². The van der Waals surface area contributed by atoms with Gasteiger partial charge in [0, 0.05) is 19.2 Å². The van der Waals surface area contributed by atoms with Crippen LogP contribution in [0, 0.1) is 0 Å². The van der Waals surface area contributed by atoms with Gasteiger partial charge >= 0.3 is 0 Å². The third-order valence-corrected chi connectivity index (χ3v) is 3.74. The maximum atomic E-state index is 12.3. The van der Waals surface area contributed by atoms with Gasteiger partial charge in [-0.05, 0) is 37.1 Å². The first-order valence-electron chi connectivity index (χ1n) is 7.20. The molecule has 1 N–H and O–H groups in total. The minimum absolute atomic E-state index is 0.0576. The van der Waals surface area contributed by atoms with Crippen molar-refractivity contribution in [3.63, 3.8) is 0 Å². The molecule has 7 nitrogen and oxygen atoms in total. The van der Waals surface area contributed by atoms with Crippen molar-refractivity contribution in [3.05, 3.63) is 36.7 Å². The number of benzene rings is 1. The quantitative estimate of drug-likeness (QED) is 0.924. The fourth-order valence-electron chi connectivity index (χ4n) is 2.67. The van der Waals surface area contributed by atoms with Crippen molar-refractivity contribution < 1.29 is 9.59 Å². The van der Waals surface area contributed by atoms with Crippen molar-refractivity contribution in [2.45, 2.75) is 25.8 Å². The van der Waals surface area contributed by atoms with Crippen molar-refractivity contribution in [2.75, 3.05) is 11.9 Å². The number of hydrogen-bond acceptors (Lipinski definition) is 4. The summed E-state index contributed by atoms with van der Waals surface area (Å²) in [6.45, 7) is 2.15. The summed E-state index contributed by atoms with van der Waals surface area (Å²) in [5, 5.41) is 10.9. The standard InChI is InChI=1S/C15H17N5O2/c1-11(21)19-10-2-3-14(19)15(22)18-12-4-6-13(7-5-12)20-16-8-9-17-20/h4-9,14H,2-3,10H2,1H3,(H,18,22). The molecule has 1 saturated heterocycles. The van der Waals surface area contributed by atoms with Gasteiger partial charge in [-0.2, -0.15) is 15.0 Å². The molecular weight excluding hydrogens is 282 g/mol. The number of rotatable bonds is 3. The Hall–Kier alpha value is -2.70. The predicted octanol–water partition coefficient (Wildman–Crippen LogP) is 1.22. The topological polar surface area (TPSA) is 80.1 Å². The molecule has 0 spiro atoms. The molecule has 2 heterocycles. The van der Waals surface area contributed by atoms with E-state index in [0.717, 1.165) is 12.1 Å². The molecule has 0 radical (unpaired) electrons. The van der Waals surface area contributed by atoms with Gasteiger partial charge in [-0.3, -0.25) is 9.59 Å². The van der Waals surface area contributed by atoms with E-state index in [4.69, 9.17) is 0 Å². The number of likely N-dealkylation sites (tertiary alicyclic amines) is 1. The molecule has 1 aromatic carbocycles. The first-order chi connectivity index (χ1) is 10.6. The van der Waals surface area contributed by atoms with Crippen molar-refractivity contribution in [3.8, 4) is 5.69 Å². The second-order valence-electron chi connectivity index (χ2n) is 5.23. The molecule has 114 valence electrons. The van der Waals surface area contributed by atoms with E-state index in [1.807, 2.05) is 12.1 Å². The molecular formula is C15H17N5O2. The summed E-state index contributed by atoms with van der Waals surface area (Å²) in [6, 6.07) is 6.87. The minimum Gasteiger partial charge on any atom is -0.331 e. The minimum atomic E-state index is -0.370. The van der Waals surface area contributed by atoms with Crippen LogP contribution in [-0.2, 0) is 9.59 Å². The lowest BCUT2D eigenvalue weighted by Gasteiger charge is -2.22. The van der Waals surface area contributed by atoms with Crippen molar-refractivity contribution in [1.29, 1.82) is 0 Å². The molecule has 1 aliphatic heterocycles. The second-order valence-corrected chi connectivity index (χ2v) is 5.23. The van der Waals surface area contributed by atoms with Crippen molar-refractivity contribution in [2.24, 2.45) is 0 Å². The average molecular weight is 299 g/mol. The summed E-state index contributed by atoms with van der Waals surface area (Å²) >= 11 is 0. The van der Waals surface area contributed by atoms with E-state index in [1.54, 1.807) is 29.4 Å². The van der Waals surface area contributed by atoms with Crippen LogP contribution in [0.15, 0.2) is 36.7 Å². The van der Waals surface area contributed by atoms with E-state index < -0.39 is 0 Å². The number of nitrogens with one attached hydrogen (secondary N) is 1. The van der Waals surface area contributed by atoms with Crippen LogP contribution in [0.1, 0.15) is 19.8 Å². The lowest BCUT2D eigenvalue weighted by molar-refractivity contribution is -0.134. The molecule has 1 aromatic heterocycles. The average Bonchev–Trinajstić information content (AvgIpc) is 3.19. The highest BCUT2D eigenvalue weighted by Gasteiger charge is 2.32. The molecule has 1 atom stereocenters. The molecule has 1 unspecified atom stereocenters. The third-order valence-electron chi connectivity index (χ3n) is 3.74. The molecule has 0 bridgehead atoms.